The number of nitrogens with zero attached hydrogens (tertiary/aromatic N) is 4. The van der Waals surface area contributed by atoms with E-state index < -0.39 is 0 Å². The zero-order valence-electron chi connectivity index (χ0n) is 13.3. The SMILES string of the molecule is C#CCNC(=O)c1ccccc1SCc1nnnn1-c1ccccc1. The lowest BCUT2D eigenvalue weighted by Crippen LogP contribution is -2.24. The Morgan fingerprint density at radius 1 is 1.16 bits per heavy atom. The highest BCUT2D eigenvalue weighted by Gasteiger charge is 2.13. The first-order valence-electron chi connectivity index (χ1n) is 7.56. The van der Waals surface area contributed by atoms with Crippen molar-refractivity contribution in [1.29, 1.82) is 0 Å². The van der Waals surface area contributed by atoms with Gasteiger partial charge in [-0.3, -0.25) is 4.79 Å². The molecule has 1 heterocycles. The molecule has 6 nitrogen and oxygen atoms in total. The van der Waals surface area contributed by atoms with Crippen LogP contribution in [0.25, 0.3) is 5.69 Å². The number of terminal acetylenes is 1. The van der Waals surface area contributed by atoms with Gasteiger partial charge in [-0.05, 0) is 34.7 Å². The number of tetrazole rings is 1. The molecule has 0 fully saturated rings. The number of para-hydroxylation sites is 1. The summed E-state index contributed by atoms with van der Waals surface area (Å²) in [6.07, 6.45) is 5.19. The summed E-state index contributed by atoms with van der Waals surface area (Å²) >= 11 is 1.50. The number of hydrogen-bond acceptors (Lipinski definition) is 5. The summed E-state index contributed by atoms with van der Waals surface area (Å²) in [6.45, 7) is 0.198. The van der Waals surface area contributed by atoms with Crippen LogP contribution in [0.1, 0.15) is 16.2 Å². The molecule has 25 heavy (non-hydrogen) atoms. The standard InChI is InChI=1S/C18H15N5OS/c1-2-12-19-18(24)15-10-6-7-11-16(15)25-13-17-20-21-22-23(17)14-8-4-3-5-9-14/h1,3-11H,12-13H2,(H,19,24). The van der Waals surface area contributed by atoms with E-state index in [1.54, 1.807) is 10.7 Å². The Morgan fingerprint density at radius 3 is 2.72 bits per heavy atom. The molecule has 1 amide bonds. The first-order chi connectivity index (χ1) is 12.3. The van der Waals surface area contributed by atoms with Crippen molar-refractivity contribution in [2.24, 2.45) is 0 Å². The molecule has 0 aliphatic carbocycles. The van der Waals surface area contributed by atoms with Gasteiger partial charge in [-0.1, -0.05) is 36.3 Å². The minimum Gasteiger partial charge on any atom is -0.341 e. The fourth-order valence-corrected chi connectivity index (χ4v) is 3.17. The molecule has 7 heteroatoms. The second-order valence-electron chi connectivity index (χ2n) is 5.01. The van der Waals surface area contributed by atoms with Crippen molar-refractivity contribution in [2.75, 3.05) is 6.54 Å². The molecule has 3 rings (SSSR count). The van der Waals surface area contributed by atoms with Crippen molar-refractivity contribution in [2.45, 2.75) is 10.6 Å². The van der Waals surface area contributed by atoms with Crippen LogP contribution in [0.4, 0.5) is 0 Å². The highest BCUT2D eigenvalue weighted by molar-refractivity contribution is 7.98. The number of rotatable bonds is 6. The Bertz CT molecular complexity index is 901. The minimum atomic E-state index is -0.191. The summed E-state index contributed by atoms with van der Waals surface area (Å²) in [6, 6.07) is 17.0. The van der Waals surface area contributed by atoms with Gasteiger partial charge < -0.3 is 5.32 Å². The maximum Gasteiger partial charge on any atom is 0.253 e. The van der Waals surface area contributed by atoms with E-state index in [2.05, 4.69) is 26.8 Å². The lowest BCUT2D eigenvalue weighted by Gasteiger charge is -2.09. The molecule has 1 N–H and O–H groups in total. The predicted octanol–water partition coefficient (Wildman–Crippen LogP) is 2.32. The lowest BCUT2D eigenvalue weighted by molar-refractivity contribution is 0.0956. The zero-order valence-corrected chi connectivity index (χ0v) is 14.1. The number of benzene rings is 2. The van der Waals surface area contributed by atoms with E-state index in [1.165, 1.54) is 11.8 Å². The van der Waals surface area contributed by atoms with Crippen LogP contribution in [0.2, 0.25) is 0 Å². The van der Waals surface area contributed by atoms with Gasteiger partial charge in [-0.2, -0.15) is 4.68 Å². The van der Waals surface area contributed by atoms with Crippen LogP contribution in [0.3, 0.4) is 0 Å². The van der Waals surface area contributed by atoms with Crippen LogP contribution in [-0.2, 0) is 5.75 Å². The van der Waals surface area contributed by atoms with Crippen LogP contribution >= 0.6 is 11.8 Å². The number of nitrogens with one attached hydrogen (secondary N) is 1. The monoisotopic (exact) mass is 349 g/mol. The van der Waals surface area contributed by atoms with Gasteiger partial charge >= 0.3 is 0 Å². The van der Waals surface area contributed by atoms with Crippen molar-refractivity contribution < 1.29 is 4.79 Å². The molecule has 0 aliphatic heterocycles. The summed E-state index contributed by atoms with van der Waals surface area (Å²) in [4.78, 5) is 13.1. The molecule has 0 saturated heterocycles. The van der Waals surface area contributed by atoms with Crippen molar-refractivity contribution in [3.8, 4) is 18.0 Å². The van der Waals surface area contributed by atoms with Crippen LogP contribution in [0.5, 0.6) is 0 Å². The van der Waals surface area contributed by atoms with Crippen molar-refractivity contribution >= 4 is 17.7 Å². The number of carbonyl (C=O) groups excluding carboxylic acids is 1. The highest BCUT2D eigenvalue weighted by Crippen LogP contribution is 2.26. The Hall–Kier alpha value is -3.11. The minimum absolute atomic E-state index is 0.191. The molecular weight excluding hydrogens is 334 g/mol. The molecule has 0 aliphatic rings. The second-order valence-corrected chi connectivity index (χ2v) is 6.03. The van der Waals surface area contributed by atoms with E-state index in [9.17, 15) is 4.79 Å². The predicted molar refractivity (Wildman–Crippen MR) is 96.3 cm³/mol. The Morgan fingerprint density at radius 2 is 1.92 bits per heavy atom. The first-order valence-corrected chi connectivity index (χ1v) is 8.54. The average Bonchev–Trinajstić information content (AvgIpc) is 3.14. The fourth-order valence-electron chi connectivity index (χ4n) is 2.21. The molecular formula is C18H15N5OS. The molecule has 0 spiro atoms. The van der Waals surface area contributed by atoms with Crippen molar-refractivity contribution in [3.05, 3.63) is 66.0 Å². The summed E-state index contributed by atoms with van der Waals surface area (Å²) in [7, 11) is 0. The maximum absolute atomic E-state index is 12.2. The number of hydrogen-bond donors (Lipinski definition) is 1. The summed E-state index contributed by atoms with van der Waals surface area (Å²) < 4.78 is 1.69. The first kappa shape index (κ1) is 16.7. The van der Waals surface area contributed by atoms with Gasteiger partial charge in [0.25, 0.3) is 5.91 Å². The van der Waals surface area contributed by atoms with E-state index in [1.807, 2.05) is 48.5 Å². The van der Waals surface area contributed by atoms with E-state index in [4.69, 9.17) is 6.42 Å². The quantitative estimate of drug-likeness (QED) is 0.546. The van der Waals surface area contributed by atoms with Gasteiger partial charge in [0.1, 0.15) is 0 Å². The molecule has 0 unspecified atom stereocenters. The number of thioether (sulfide) groups is 1. The van der Waals surface area contributed by atoms with E-state index in [0.29, 0.717) is 17.1 Å². The van der Waals surface area contributed by atoms with Crippen LogP contribution in [0.15, 0.2) is 59.5 Å². The smallest absolute Gasteiger partial charge is 0.253 e. The second kappa shape index (κ2) is 8.13. The van der Waals surface area contributed by atoms with Gasteiger partial charge in [-0.25, -0.2) is 0 Å². The third-order valence-electron chi connectivity index (χ3n) is 3.37. The van der Waals surface area contributed by atoms with Gasteiger partial charge in [0.2, 0.25) is 0 Å². The van der Waals surface area contributed by atoms with Gasteiger partial charge in [0, 0.05) is 4.90 Å². The topological polar surface area (TPSA) is 72.7 Å². The van der Waals surface area contributed by atoms with Crippen LogP contribution in [0, 0.1) is 12.3 Å². The zero-order chi connectivity index (χ0) is 17.5. The number of carbonyl (C=O) groups is 1. The number of amides is 1. The summed E-state index contributed by atoms with van der Waals surface area (Å²) in [5.74, 6) is 3.44. The fraction of sp³-hybridized carbons (Fsp3) is 0.111. The summed E-state index contributed by atoms with van der Waals surface area (Å²) in [5.41, 5.74) is 1.48. The lowest BCUT2D eigenvalue weighted by atomic mass is 10.2. The molecule has 0 radical (unpaired) electrons. The van der Waals surface area contributed by atoms with E-state index in [0.717, 1.165) is 10.6 Å². The third-order valence-corrected chi connectivity index (χ3v) is 4.44. The number of aromatic nitrogens is 4. The largest absolute Gasteiger partial charge is 0.341 e. The Balaban J connectivity index is 1.77. The molecule has 124 valence electrons. The van der Waals surface area contributed by atoms with Crippen LogP contribution in [-0.4, -0.2) is 32.7 Å². The molecule has 0 atom stereocenters. The van der Waals surface area contributed by atoms with Gasteiger partial charge in [0.15, 0.2) is 5.82 Å². The molecule has 1 aromatic heterocycles. The maximum atomic E-state index is 12.2. The normalized spacial score (nSPS) is 10.2. The molecule has 3 aromatic rings. The summed E-state index contributed by atoms with van der Waals surface area (Å²) in [5, 5.41) is 14.6. The third kappa shape index (κ3) is 4.05. The van der Waals surface area contributed by atoms with Gasteiger partial charge in [-0.15, -0.1) is 23.3 Å². The molecule has 0 bridgehead atoms. The highest BCUT2D eigenvalue weighted by atomic mass is 32.2. The van der Waals surface area contributed by atoms with Crippen molar-refractivity contribution in [3.63, 3.8) is 0 Å². The molecule has 0 saturated carbocycles. The molecule has 2 aromatic carbocycles. The Labute approximate surface area is 149 Å². The van der Waals surface area contributed by atoms with Crippen LogP contribution < -0.4 is 5.32 Å². The van der Waals surface area contributed by atoms with E-state index in [-0.39, 0.29) is 12.5 Å². The Kier molecular flexibility index (Phi) is 5.44. The van der Waals surface area contributed by atoms with Gasteiger partial charge in [0.05, 0.1) is 23.5 Å². The van der Waals surface area contributed by atoms with E-state index >= 15 is 0 Å². The van der Waals surface area contributed by atoms with Crippen molar-refractivity contribution in [1.82, 2.24) is 25.5 Å². The average molecular weight is 349 g/mol.